The Kier molecular flexibility index (Phi) is 3.66. The molecule has 3 nitrogen and oxygen atoms in total. The van der Waals surface area contributed by atoms with E-state index in [1.54, 1.807) is 11.0 Å². The van der Waals surface area contributed by atoms with E-state index < -0.39 is 0 Å². The molecule has 3 heteroatoms. The SMILES string of the molecule is C=CCN(CCO)C(=O)C1C2CC3CC(C2)CC1C3. The molecule has 0 atom stereocenters. The van der Waals surface area contributed by atoms with Gasteiger partial charge in [0.05, 0.1) is 6.61 Å². The number of hydrogen-bond donors (Lipinski definition) is 1. The topological polar surface area (TPSA) is 40.5 Å². The van der Waals surface area contributed by atoms with Crippen LogP contribution in [-0.2, 0) is 4.79 Å². The van der Waals surface area contributed by atoms with Gasteiger partial charge in [-0.2, -0.15) is 0 Å². The molecule has 0 aromatic rings. The number of amides is 1. The lowest BCUT2D eigenvalue weighted by atomic mass is 9.51. The van der Waals surface area contributed by atoms with Gasteiger partial charge in [-0.1, -0.05) is 6.08 Å². The molecule has 1 N–H and O–H groups in total. The Morgan fingerprint density at radius 3 is 2.21 bits per heavy atom. The highest BCUT2D eigenvalue weighted by atomic mass is 16.3. The number of nitrogens with zero attached hydrogens (tertiary/aromatic N) is 1. The molecule has 4 aliphatic carbocycles. The van der Waals surface area contributed by atoms with Crippen molar-refractivity contribution in [2.45, 2.75) is 32.1 Å². The van der Waals surface area contributed by atoms with Gasteiger partial charge in [0.25, 0.3) is 0 Å². The van der Waals surface area contributed by atoms with E-state index in [1.165, 1.54) is 32.1 Å². The fourth-order valence-corrected chi connectivity index (χ4v) is 5.11. The van der Waals surface area contributed by atoms with Crippen LogP contribution in [0.5, 0.6) is 0 Å². The number of rotatable bonds is 5. The van der Waals surface area contributed by atoms with Crippen LogP contribution < -0.4 is 0 Å². The molecule has 1 amide bonds. The molecule has 4 saturated carbocycles. The van der Waals surface area contributed by atoms with Gasteiger partial charge in [0.15, 0.2) is 0 Å². The van der Waals surface area contributed by atoms with Crippen molar-refractivity contribution in [3.8, 4) is 0 Å². The van der Waals surface area contributed by atoms with Gasteiger partial charge in [-0.15, -0.1) is 6.58 Å². The summed E-state index contributed by atoms with van der Waals surface area (Å²) in [5.74, 6) is 3.56. The predicted octanol–water partition coefficient (Wildman–Crippen LogP) is 2.07. The van der Waals surface area contributed by atoms with Crippen LogP contribution in [0.15, 0.2) is 12.7 Å². The van der Waals surface area contributed by atoms with Gasteiger partial charge in [0.2, 0.25) is 5.91 Å². The van der Waals surface area contributed by atoms with Crippen LogP contribution in [0.25, 0.3) is 0 Å². The fraction of sp³-hybridized carbons (Fsp3) is 0.812. The standard InChI is InChI=1S/C16H25NO2/c1-2-3-17(4-5-18)16(19)15-13-7-11-6-12(9-13)10-14(15)8-11/h2,11-15,18H,1,3-10H2. The molecule has 0 unspecified atom stereocenters. The molecule has 4 rings (SSSR count). The highest BCUT2D eigenvalue weighted by Gasteiger charge is 2.51. The van der Waals surface area contributed by atoms with Crippen molar-refractivity contribution in [3.63, 3.8) is 0 Å². The lowest BCUT2D eigenvalue weighted by Crippen LogP contribution is -2.52. The van der Waals surface area contributed by atoms with Gasteiger partial charge in [-0.05, 0) is 55.8 Å². The van der Waals surface area contributed by atoms with Crippen molar-refractivity contribution < 1.29 is 9.90 Å². The Balaban J connectivity index is 1.73. The number of carbonyl (C=O) groups excluding carboxylic acids is 1. The summed E-state index contributed by atoms with van der Waals surface area (Å²) in [4.78, 5) is 14.6. The molecule has 0 heterocycles. The molecule has 0 aromatic carbocycles. The molecule has 4 aliphatic rings. The van der Waals surface area contributed by atoms with E-state index in [1.807, 2.05) is 0 Å². The van der Waals surface area contributed by atoms with Gasteiger partial charge >= 0.3 is 0 Å². The Morgan fingerprint density at radius 1 is 1.16 bits per heavy atom. The van der Waals surface area contributed by atoms with Crippen LogP contribution in [0, 0.1) is 29.6 Å². The number of carbonyl (C=O) groups is 1. The van der Waals surface area contributed by atoms with Crippen LogP contribution >= 0.6 is 0 Å². The van der Waals surface area contributed by atoms with Crippen LogP contribution in [0.1, 0.15) is 32.1 Å². The van der Waals surface area contributed by atoms with Gasteiger partial charge in [-0.3, -0.25) is 4.79 Å². The molecular weight excluding hydrogens is 238 g/mol. The zero-order valence-corrected chi connectivity index (χ0v) is 11.6. The van der Waals surface area contributed by atoms with E-state index in [0.717, 1.165) is 11.8 Å². The summed E-state index contributed by atoms with van der Waals surface area (Å²) in [5.41, 5.74) is 0. The molecule has 4 bridgehead atoms. The van der Waals surface area contributed by atoms with Gasteiger partial charge in [0, 0.05) is 19.0 Å². The minimum Gasteiger partial charge on any atom is -0.395 e. The van der Waals surface area contributed by atoms with Crippen molar-refractivity contribution in [2.75, 3.05) is 19.7 Å². The summed E-state index contributed by atoms with van der Waals surface area (Å²) in [5, 5.41) is 9.13. The maximum atomic E-state index is 12.8. The number of aliphatic hydroxyl groups excluding tert-OH is 1. The van der Waals surface area contributed by atoms with Crippen LogP contribution in [-0.4, -0.2) is 35.6 Å². The zero-order chi connectivity index (χ0) is 13.4. The van der Waals surface area contributed by atoms with E-state index in [2.05, 4.69) is 6.58 Å². The van der Waals surface area contributed by atoms with E-state index in [0.29, 0.717) is 24.9 Å². The average Bonchev–Trinajstić information content (AvgIpc) is 2.37. The lowest BCUT2D eigenvalue weighted by molar-refractivity contribution is -0.149. The summed E-state index contributed by atoms with van der Waals surface area (Å²) in [6.07, 6.45) is 8.26. The summed E-state index contributed by atoms with van der Waals surface area (Å²) < 4.78 is 0. The second-order valence-corrected chi connectivity index (χ2v) is 6.75. The monoisotopic (exact) mass is 263 g/mol. The molecule has 0 aromatic heterocycles. The molecule has 0 spiro atoms. The van der Waals surface area contributed by atoms with Crippen LogP contribution in [0.3, 0.4) is 0 Å². The molecule has 0 aliphatic heterocycles. The summed E-state index contributed by atoms with van der Waals surface area (Å²) >= 11 is 0. The van der Waals surface area contributed by atoms with Crippen LogP contribution in [0.2, 0.25) is 0 Å². The van der Waals surface area contributed by atoms with Gasteiger partial charge in [0.1, 0.15) is 0 Å². The van der Waals surface area contributed by atoms with Crippen molar-refractivity contribution in [2.24, 2.45) is 29.6 Å². The predicted molar refractivity (Wildman–Crippen MR) is 74.4 cm³/mol. The minimum atomic E-state index is 0.0485. The minimum absolute atomic E-state index is 0.0485. The average molecular weight is 263 g/mol. The first kappa shape index (κ1) is 13.2. The van der Waals surface area contributed by atoms with Crippen LogP contribution in [0.4, 0.5) is 0 Å². The number of aliphatic hydroxyl groups is 1. The largest absolute Gasteiger partial charge is 0.395 e. The molecule has 106 valence electrons. The highest BCUT2D eigenvalue weighted by molar-refractivity contribution is 5.80. The highest BCUT2D eigenvalue weighted by Crippen LogP contribution is 2.56. The summed E-state index contributed by atoms with van der Waals surface area (Å²) in [7, 11) is 0. The Morgan fingerprint density at radius 2 is 1.74 bits per heavy atom. The summed E-state index contributed by atoms with van der Waals surface area (Å²) in [6, 6.07) is 0. The molecule has 0 saturated heterocycles. The molecule has 4 fully saturated rings. The van der Waals surface area contributed by atoms with Crippen molar-refractivity contribution in [1.29, 1.82) is 0 Å². The third-order valence-electron chi connectivity index (χ3n) is 5.54. The molecular formula is C16H25NO2. The van der Waals surface area contributed by atoms with E-state index in [4.69, 9.17) is 5.11 Å². The second kappa shape index (κ2) is 5.28. The Hall–Kier alpha value is -0.830. The summed E-state index contributed by atoms with van der Waals surface area (Å²) in [6.45, 7) is 4.80. The zero-order valence-electron chi connectivity index (χ0n) is 11.6. The Bertz CT molecular complexity index is 338. The lowest BCUT2D eigenvalue weighted by Gasteiger charge is -2.54. The maximum Gasteiger partial charge on any atom is 0.226 e. The third-order valence-corrected chi connectivity index (χ3v) is 5.54. The fourth-order valence-electron chi connectivity index (χ4n) is 5.11. The van der Waals surface area contributed by atoms with E-state index in [9.17, 15) is 4.79 Å². The molecule has 0 radical (unpaired) electrons. The van der Waals surface area contributed by atoms with Crippen molar-refractivity contribution in [1.82, 2.24) is 4.90 Å². The number of hydrogen-bond acceptors (Lipinski definition) is 2. The Labute approximate surface area is 115 Å². The first-order chi connectivity index (χ1) is 9.22. The van der Waals surface area contributed by atoms with Gasteiger partial charge < -0.3 is 10.0 Å². The maximum absolute atomic E-state index is 12.8. The quantitative estimate of drug-likeness (QED) is 0.771. The molecule has 19 heavy (non-hydrogen) atoms. The first-order valence-corrected chi connectivity index (χ1v) is 7.73. The van der Waals surface area contributed by atoms with Crippen molar-refractivity contribution in [3.05, 3.63) is 12.7 Å². The van der Waals surface area contributed by atoms with Gasteiger partial charge in [-0.25, -0.2) is 0 Å². The third kappa shape index (κ3) is 2.33. The van der Waals surface area contributed by atoms with E-state index in [-0.39, 0.29) is 18.4 Å². The van der Waals surface area contributed by atoms with Crippen molar-refractivity contribution >= 4 is 5.91 Å². The second-order valence-electron chi connectivity index (χ2n) is 6.75. The smallest absolute Gasteiger partial charge is 0.226 e. The van der Waals surface area contributed by atoms with E-state index >= 15 is 0 Å². The normalized spacial score (nSPS) is 39.3. The first-order valence-electron chi connectivity index (χ1n) is 7.73.